The predicted octanol–water partition coefficient (Wildman–Crippen LogP) is 3.03. The van der Waals surface area contributed by atoms with Crippen LogP contribution in [0.2, 0.25) is 0 Å². The van der Waals surface area contributed by atoms with Crippen molar-refractivity contribution in [1.29, 1.82) is 0 Å². The Bertz CT molecular complexity index is 983. The lowest BCUT2D eigenvalue weighted by molar-refractivity contribution is 0.236. The third-order valence-corrected chi connectivity index (χ3v) is 5.29. The number of aliphatic hydroxyl groups excluding tert-OH is 1. The number of benzene rings is 3. The van der Waals surface area contributed by atoms with Crippen molar-refractivity contribution in [3.8, 4) is 17.2 Å². The van der Waals surface area contributed by atoms with Crippen LogP contribution in [-0.4, -0.2) is 39.1 Å². The van der Waals surface area contributed by atoms with Gasteiger partial charge >= 0.3 is 0 Å². The number of nitrogens with one attached hydrogen (secondary N) is 1. The molecule has 2 N–H and O–H groups in total. The standard InChI is InChI=1S/C21H23NO4/c1-24-13-4-5-14-16(7-13)18-9-21(26-3)20(25-2)8-17(18)15-6-12(11-23)22-10-19(14)15/h4-5,7-9,12,22-23H,6,10-11H2,1-3H3/t12-/m0/s1. The zero-order valence-corrected chi connectivity index (χ0v) is 15.3. The summed E-state index contributed by atoms with van der Waals surface area (Å²) in [6.45, 7) is 0.850. The third kappa shape index (κ3) is 2.55. The van der Waals surface area contributed by atoms with Gasteiger partial charge < -0.3 is 24.6 Å². The molecule has 0 radical (unpaired) electrons. The number of aliphatic hydroxyl groups is 1. The molecule has 0 fully saturated rings. The fourth-order valence-corrected chi connectivity index (χ4v) is 3.94. The first-order valence-electron chi connectivity index (χ1n) is 8.71. The predicted molar refractivity (Wildman–Crippen MR) is 103 cm³/mol. The topological polar surface area (TPSA) is 60.0 Å². The molecule has 0 saturated carbocycles. The second-order valence-corrected chi connectivity index (χ2v) is 6.59. The van der Waals surface area contributed by atoms with E-state index in [0.29, 0.717) is 11.5 Å². The monoisotopic (exact) mass is 353 g/mol. The molecule has 4 rings (SSSR count). The third-order valence-electron chi connectivity index (χ3n) is 5.29. The number of rotatable bonds is 4. The maximum Gasteiger partial charge on any atom is 0.161 e. The van der Waals surface area contributed by atoms with Crippen LogP contribution in [-0.2, 0) is 13.0 Å². The summed E-state index contributed by atoms with van der Waals surface area (Å²) in [5.74, 6) is 2.24. The van der Waals surface area contributed by atoms with E-state index in [-0.39, 0.29) is 12.6 Å². The Kier molecular flexibility index (Phi) is 4.34. The minimum atomic E-state index is 0.0643. The lowest BCUT2D eigenvalue weighted by atomic mass is 9.86. The zero-order valence-electron chi connectivity index (χ0n) is 15.3. The highest BCUT2D eigenvalue weighted by molar-refractivity contribution is 6.12. The van der Waals surface area contributed by atoms with Crippen LogP contribution in [0.25, 0.3) is 21.5 Å². The van der Waals surface area contributed by atoms with Crippen LogP contribution in [0, 0.1) is 0 Å². The Hall–Kier alpha value is -2.50. The van der Waals surface area contributed by atoms with Crippen LogP contribution in [0.5, 0.6) is 17.2 Å². The van der Waals surface area contributed by atoms with Crippen LogP contribution in [0.1, 0.15) is 11.1 Å². The molecule has 3 aromatic carbocycles. The zero-order chi connectivity index (χ0) is 18.3. The first kappa shape index (κ1) is 16.9. The van der Waals surface area contributed by atoms with Crippen molar-refractivity contribution in [3.63, 3.8) is 0 Å². The van der Waals surface area contributed by atoms with E-state index in [1.54, 1.807) is 21.3 Å². The molecule has 5 heteroatoms. The second kappa shape index (κ2) is 6.67. The van der Waals surface area contributed by atoms with Gasteiger partial charge in [0.25, 0.3) is 0 Å². The van der Waals surface area contributed by atoms with E-state index < -0.39 is 0 Å². The molecular formula is C21H23NO4. The van der Waals surface area contributed by atoms with Gasteiger partial charge in [-0.05, 0) is 63.4 Å². The highest BCUT2D eigenvalue weighted by Crippen LogP contribution is 2.41. The fourth-order valence-electron chi connectivity index (χ4n) is 3.94. The van der Waals surface area contributed by atoms with Crippen molar-refractivity contribution in [3.05, 3.63) is 41.5 Å². The average molecular weight is 353 g/mol. The van der Waals surface area contributed by atoms with Gasteiger partial charge in [0, 0.05) is 12.6 Å². The number of hydrogen-bond donors (Lipinski definition) is 2. The molecule has 1 aliphatic heterocycles. The van der Waals surface area contributed by atoms with Crippen molar-refractivity contribution < 1.29 is 19.3 Å². The summed E-state index contributed by atoms with van der Waals surface area (Å²) < 4.78 is 16.5. The van der Waals surface area contributed by atoms with Crippen LogP contribution in [0.3, 0.4) is 0 Å². The summed E-state index contributed by atoms with van der Waals surface area (Å²) in [6, 6.07) is 10.3. The quantitative estimate of drug-likeness (QED) is 0.706. The van der Waals surface area contributed by atoms with Crippen molar-refractivity contribution >= 4 is 21.5 Å². The SMILES string of the molecule is COc1ccc2c3c(c4cc(OC)c(OC)cc4c2c1)C[C@@H](CO)NC3. The van der Waals surface area contributed by atoms with E-state index in [4.69, 9.17) is 14.2 Å². The molecule has 5 nitrogen and oxygen atoms in total. The summed E-state index contributed by atoms with van der Waals surface area (Å²) in [7, 11) is 4.98. The normalized spacial score (nSPS) is 16.5. The number of fused-ring (bicyclic) bond motifs is 6. The molecule has 1 heterocycles. The molecule has 0 aliphatic carbocycles. The summed E-state index contributed by atoms with van der Waals surface area (Å²) in [5, 5.41) is 17.6. The van der Waals surface area contributed by atoms with Gasteiger partial charge in [0.2, 0.25) is 0 Å². The maximum atomic E-state index is 9.63. The van der Waals surface area contributed by atoms with E-state index in [0.717, 1.165) is 34.9 Å². The molecule has 0 saturated heterocycles. The molecule has 0 amide bonds. The van der Waals surface area contributed by atoms with E-state index in [9.17, 15) is 5.11 Å². The Morgan fingerprint density at radius 1 is 0.885 bits per heavy atom. The molecular weight excluding hydrogens is 330 g/mol. The minimum absolute atomic E-state index is 0.0643. The van der Waals surface area contributed by atoms with E-state index in [1.807, 2.05) is 18.2 Å². The smallest absolute Gasteiger partial charge is 0.161 e. The van der Waals surface area contributed by atoms with E-state index >= 15 is 0 Å². The van der Waals surface area contributed by atoms with Gasteiger partial charge in [-0.3, -0.25) is 0 Å². The van der Waals surface area contributed by atoms with Gasteiger partial charge in [0.15, 0.2) is 11.5 Å². The Balaban J connectivity index is 2.12. The largest absolute Gasteiger partial charge is 0.497 e. The van der Waals surface area contributed by atoms with Gasteiger partial charge in [-0.15, -0.1) is 0 Å². The summed E-state index contributed by atoms with van der Waals surface area (Å²) in [4.78, 5) is 0. The Labute approximate surface area is 152 Å². The lowest BCUT2D eigenvalue weighted by Crippen LogP contribution is -2.38. The molecule has 3 aromatic rings. The summed E-state index contributed by atoms with van der Waals surface area (Å²) in [5.41, 5.74) is 2.53. The van der Waals surface area contributed by atoms with Crippen molar-refractivity contribution in [1.82, 2.24) is 5.32 Å². The number of hydrogen-bond acceptors (Lipinski definition) is 5. The van der Waals surface area contributed by atoms with Gasteiger partial charge in [-0.1, -0.05) is 6.07 Å². The van der Waals surface area contributed by atoms with Crippen LogP contribution in [0.4, 0.5) is 0 Å². The van der Waals surface area contributed by atoms with Crippen LogP contribution in [0.15, 0.2) is 30.3 Å². The lowest BCUT2D eigenvalue weighted by Gasteiger charge is -2.28. The molecule has 1 aliphatic rings. The first-order chi connectivity index (χ1) is 12.7. The van der Waals surface area contributed by atoms with Crippen LogP contribution < -0.4 is 19.5 Å². The van der Waals surface area contributed by atoms with Gasteiger partial charge in [0.05, 0.1) is 27.9 Å². The van der Waals surface area contributed by atoms with E-state index in [1.165, 1.54) is 16.5 Å². The minimum Gasteiger partial charge on any atom is -0.497 e. The summed E-state index contributed by atoms with van der Waals surface area (Å²) in [6.07, 6.45) is 0.778. The molecule has 0 bridgehead atoms. The van der Waals surface area contributed by atoms with Gasteiger partial charge in [-0.2, -0.15) is 0 Å². The molecule has 1 atom stereocenters. The average Bonchev–Trinajstić information content (AvgIpc) is 2.71. The first-order valence-corrected chi connectivity index (χ1v) is 8.71. The fraction of sp³-hybridized carbons (Fsp3) is 0.333. The van der Waals surface area contributed by atoms with Crippen molar-refractivity contribution in [2.24, 2.45) is 0 Å². The molecule has 0 spiro atoms. The van der Waals surface area contributed by atoms with Crippen molar-refractivity contribution in [2.75, 3.05) is 27.9 Å². The van der Waals surface area contributed by atoms with Crippen LogP contribution >= 0.6 is 0 Å². The van der Waals surface area contributed by atoms with Gasteiger partial charge in [0.1, 0.15) is 5.75 Å². The molecule has 0 aromatic heterocycles. The molecule has 0 unspecified atom stereocenters. The highest BCUT2D eigenvalue weighted by Gasteiger charge is 2.24. The highest BCUT2D eigenvalue weighted by atomic mass is 16.5. The Morgan fingerprint density at radius 2 is 1.58 bits per heavy atom. The molecule has 26 heavy (non-hydrogen) atoms. The Morgan fingerprint density at radius 3 is 2.23 bits per heavy atom. The number of methoxy groups -OCH3 is 3. The number of ether oxygens (including phenoxy) is 3. The van der Waals surface area contributed by atoms with Gasteiger partial charge in [-0.25, -0.2) is 0 Å². The van der Waals surface area contributed by atoms with Crippen molar-refractivity contribution in [2.45, 2.75) is 19.0 Å². The van der Waals surface area contributed by atoms with E-state index in [2.05, 4.69) is 17.4 Å². The second-order valence-electron chi connectivity index (χ2n) is 6.59. The molecule has 136 valence electrons. The maximum absolute atomic E-state index is 9.63. The summed E-state index contributed by atoms with van der Waals surface area (Å²) >= 11 is 0.